The van der Waals surface area contributed by atoms with E-state index in [4.69, 9.17) is 0 Å². The number of halogens is 1. The maximum absolute atomic E-state index is 13.4. The van der Waals surface area contributed by atoms with Crippen LogP contribution in [0.15, 0.2) is 18.2 Å². The van der Waals surface area contributed by atoms with Gasteiger partial charge in [-0.15, -0.1) is 0 Å². The van der Waals surface area contributed by atoms with E-state index < -0.39 is 0 Å². The smallest absolute Gasteiger partial charge is 0.319 e. The van der Waals surface area contributed by atoms with Gasteiger partial charge in [0.05, 0.1) is 5.69 Å². The second-order valence-corrected chi connectivity index (χ2v) is 5.04. The van der Waals surface area contributed by atoms with Crippen molar-refractivity contribution in [2.24, 2.45) is 7.05 Å². The lowest BCUT2D eigenvalue weighted by molar-refractivity contribution is 0.251. The van der Waals surface area contributed by atoms with Crippen molar-refractivity contribution in [2.45, 2.75) is 27.3 Å². The molecule has 0 unspecified atom stereocenters. The SMILES string of the molecule is Cc1ccc(NC(=O)NCc2c(C)nn(C)c2C)cc1F. The minimum absolute atomic E-state index is 0.341. The summed E-state index contributed by atoms with van der Waals surface area (Å²) < 4.78 is 15.2. The second kappa shape index (κ2) is 5.95. The number of benzene rings is 1. The van der Waals surface area contributed by atoms with Gasteiger partial charge in [-0.05, 0) is 38.5 Å². The maximum atomic E-state index is 13.4. The molecule has 0 spiro atoms. The van der Waals surface area contributed by atoms with E-state index in [1.54, 1.807) is 23.7 Å². The van der Waals surface area contributed by atoms with E-state index in [9.17, 15) is 9.18 Å². The monoisotopic (exact) mass is 290 g/mol. The van der Waals surface area contributed by atoms with Gasteiger partial charge in [0.25, 0.3) is 0 Å². The number of nitrogens with zero attached hydrogens (tertiary/aromatic N) is 2. The summed E-state index contributed by atoms with van der Waals surface area (Å²) in [6.07, 6.45) is 0. The van der Waals surface area contributed by atoms with Crippen LogP contribution in [0.1, 0.15) is 22.5 Å². The van der Waals surface area contributed by atoms with Gasteiger partial charge < -0.3 is 10.6 Å². The molecule has 6 heteroatoms. The number of aryl methyl sites for hydroxylation is 3. The largest absolute Gasteiger partial charge is 0.334 e. The van der Waals surface area contributed by atoms with E-state index in [1.807, 2.05) is 20.9 Å². The van der Waals surface area contributed by atoms with Crippen LogP contribution < -0.4 is 10.6 Å². The minimum atomic E-state index is -0.374. The molecule has 21 heavy (non-hydrogen) atoms. The average Bonchev–Trinajstić information content (AvgIpc) is 2.66. The maximum Gasteiger partial charge on any atom is 0.319 e. The molecule has 0 aliphatic carbocycles. The zero-order valence-corrected chi connectivity index (χ0v) is 12.6. The molecular formula is C15H19FN4O. The number of anilines is 1. The Morgan fingerprint density at radius 3 is 2.62 bits per heavy atom. The molecule has 2 amide bonds. The van der Waals surface area contributed by atoms with Gasteiger partial charge in [0.2, 0.25) is 0 Å². The van der Waals surface area contributed by atoms with E-state index in [1.165, 1.54) is 6.07 Å². The van der Waals surface area contributed by atoms with Crippen molar-refractivity contribution in [2.75, 3.05) is 5.32 Å². The van der Waals surface area contributed by atoms with Crippen molar-refractivity contribution in [1.82, 2.24) is 15.1 Å². The lowest BCUT2D eigenvalue weighted by Gasteiger charge is -2.09. The van der Waals surface area contributed by atoms with E-state index in [0.29, 0.717) is 17.8 Å². The fourth-order valence-electron chi connectivity index (χ4n) is 2.09. The summed E-state index contributed by atoms with van der Waals surface area (Å²) in [7, 11) is 1.86. The van der Waals surface area contributed by atoms with Crippen molar-refractivity contribution in [1.29, 1.82) is 0 Å². The highest BCUT2D eigenvalue weighted by atomic mass is 19.1. The molecule has 1 heterocycles. The fraction of sp³-hybridized carbons (Fsp3) is 0.333. The first-order valence-electron chi connectivity index (χ1n) is 6.68. The molecule has 2 N–H and O–H groups in total. The van der Waals surface area contributed by atoms with Crippen LogP contribution in [0.25, 0.3) is 0 Å². The van der Waals surface area contributed by atoms with Crippen molar-refractivity contribution < 1.29 is 9.18 Å². The Labute approximate surface area is 123 Å². The highest BCUT2D eigenvalue weighted by Gasteiger charge is 2.10. The number of hydrogen-bond donors (Lipinski definition) is 2. The Bertz CT molecular complexity index is 679. The second-order valence-electron chi connectivity index (χ2n) is 5.04. The highest BCUT2D eigenvalue weighted by molar-refractivity contribution is 5.89. The number of urea groups is 1. The van der Waals surface area contributed by atoms with Crippen LogP contribution in [0.4, 0.5) is 14.9 Å². The third-order valence-electron chi connectivity index (χ3n) is 3.51. The van der Waals surface area contributed by atoms with Gasteiger partial charge in [-0.2, -0.15) is 5.10 Å². The Morgan fingerprint density at radius 2 is 2.05 bits per heavy atom. The summed E-state index contributed by atoms with van der Waals surface area (Å²) in [5.74, 6) is -0.341. The van der Waals surface area contributed by atoms with Crippen molar-refractivity contribution in [3.63, 3.8) is 0 Å². The first kappa shape index (κ1) is 15.0. The van der Waals surface area contributed by atoms with Gasteiger partial charge in [-0.1, -0.05) is 6.07 Å². The molecule has 5 nitrogen and oxygen atoms in total. The molecule has 0 saturated heterocycles. The van der Waals surface area contributed by atoms with Crippen LogP contribution in [0, 0.1) is 26.6 Å². The molecule has 1 aromatic carbocycles. The number of nitrogens with one attached hydrogen (secondary N) is 2. The van der Waals surface area contributed by atoms with Gasteiger partial charge >= 0.3 is 6.03 Å². The van der Waals surface area contributed by atoms with Crippen LogP contribution in [0.5, 0.6) is 0 Å². The fourth-order valence-corrected chi connectivity index (χ4v) is 2.09. The predicted octanol–water partition coefficient (Wildman–Crippen LogP) is 2.81. The highest BCUT2D eigenvalue weighted by Crippen LogP contribution is 2.14. The number of hydrogen-bond acceptors (Lipinski definition) is 2. The quantitative estimate of drug-likeness (QED) is 0.913. The van der Waals surface area contributed by atoms with Crippen LogP contribution in [0.3, 0.4) is 0 Å². The number of amides is 2. The molecule has 0 atom stereocenters. The summed E-state index contributed by atoms with van der Waals surface area (Å²) in [6.45, 7) is 5.90. The van der Waals surface area contributed by atoms with Crippen molar-refractivity contribution >= 4 is 11.7 Å². The summed E-state index contributed by atoms with van der Waals surface area (Å²) in [6, 6.07) is 4.22. The molecule has 0 aliphatic heterocycles. The van der Waals surface area contributed by atoms with Gasteiger partial charge in [-0.25, -0.2) is 9.18 Å². The Hall–Kier alpha value is -2.37. The summed E-state index contributed by atoms with van der Waals surface area (Å²) >= 11 is 0. The third kappa shape index (κ3) is 3.39. The molecule has 0 aliphatic rings. The normalized spacial score (nSPS) is 10.5. The van der Waals surface area contributed by atoms with Crippen molar-refractivity contribution in [3.8, 4) is 0 Å². The minimum Gasteiger partial charge on any atom is -0.334 e. The Morgan fingerprint density at radius 1 is 1.33 bits per heavy atom. The lowest BCUT2D eigenvalue weighted by Crippen LogP contribution is -2.28. The molecule has 0 saturated carbocycles. The predicted molar refractivity (Wildman–Crippen MR) is 79.7 cm³/mol. The van der Waals surface area contributed by atoms with Gasteiger partial charge in [0.1, 0.15) is 5.82 Å². The van der Waals surface area contributed by atoms with E-state index in [2.05, 4.69) is 15.7 Å². The number of rotatable bonds is 3. The molecule has 1 aromatic heterocycles. The number of carbonyl (C=O) groups is 1. The zero-order valence-electron chi connectivity index (χ0n) is 12.6. The van der Waals surface area contributed by atoms with Crippen LogP contribution in [-0.4, -0.2) is 15.8 Å². The van der Waals surface area contributed by atoms with E-state index in [0.717, 1.165) is 17.0 Å². The molecule has 0 fully saturated rings. The molecule has 0 bridgehead atoms. The van der Waals surface area contributed by atoms with E-state index in [-0.39, 0.29) is 11.8 Å². The third-order valence-corrected chi connectivity index (χ3v) is 3.51. The topological polar surface area (TPSA) is 59.0 Å². The molecule has 112 valence electrons. The van der Waals surface area contributed by atoms with Gasteiger partial charge in [0.15, 0.2) is 0 Å². The molecular weight excluding hydrogens is 271 g/mol. The van der Waals surface area contributed by atoms with Crippen LogP contribution in [0.2, 0.25) is 0 Å². The van der Waals surface area contributed by atoms with Gasteiger partial charge in [-0.3, -0.25) is 4.68 Å². The lowest BCUT2D eigenvalue weighted by atomic mass is 10.2. The molecule has 2 aromatic rings. The summed E-state index contributed by atoms with van der Waals surface area (Å²) in [5, 5.41) is 9.65. The van der Waals surface area contributed by atoms with Gasteiger partial charge in [0, 0.05) is 30.5 Å². The first-order chi connectivity index (χ1) is 9.88. The summed E-state index contributed by atoms with van der Waals surface area (Å²) in [4.78, 5) is 11.8. The van der Waals surface area contributed by atoms with Crippen LogP contribution >= 0.6 is 0 Å². The van der Waals surface area contributed by atoms with Crippen molar-refractivity contribution in [3.05, 3.63) is 46.5 Å². The summed E-state index contributed by atoms with van der Waals surface area (Å²) in [5.41, 5.74) is 3.85. The first-order valence-corrected chi connectivity index (χ1v) is 6.68. The molecule has 0 radical (unpaired) electrons. The van der Waals surface area contributed by atoms with E-state index >= 15 is 0 Å². The average molecular weight is 290 g/mol. The molecule has 2 rings (SSSR count). The standard InChI is InChI=1S/C15H19FN4O/c1-9-5-6-12(7-14(9)16)18-15(21)17-8-13-10(2)19-20(4)11(13)3/h5-7H,8H2,1-4H3,(H2,17,18,21). The Kier molecular flexibility index (Phi) is 4.26. The number of aromatic nitrogens is 2. The van der Waals surface area contributed by atoms with Crippen LogP contribution in [-0.2, 0) is 13.6 Å². The number of carbonyl (C=O) groups excluding carboxylic acids is 1. The zero-order chi connectivity index (χ0) is 15.6. The Balaban J connectivity index is 1.97.